The number of hydrogen-bond acceptors (Lipinski definition) is 3. The van der Waals surface area contributed by atoms with Gasteiger partial charge in [-0.3, -0.25) is 0 Å². The summed E-state index contributed by atoms with van der Waals surface area (Å²) in [5.74, 6) is 0. The molecule has 0 bridgehead atoms. The molecule has 0 aliphatic rings. The third kappa shape index (κ3) is 13.9. The Morgan fingerprint density at radius 2 is 1.07 bits per heavy atom. The van der Waals surface area contributed by atoms with Crippen LogP contribution in [-0.4, -0.2) is 39.3 Å². The molecule has 0 aromatic heterocycles. The van der Waals surface area contributed by atoms with Gasteiger partial charge in [-0.1, -0.05) is 20.3 Å². The van der Waals surface area contributed by atoms with Crippen LogP contribution in [0.1, 0.15) is 39.5 Å². The maximum atomic E-state index is 3.44. The van der Waals surface area contributed by atoms with Crippen LogP contribution in [-0.2, 0) is 0 Å². The Balaban J connectivity index is 2.81. The molecule has 0 heterocycles. The fourth-order valence-corrected chi connectivity index (χ4v) is 1.37. The Kier molecular flexibility index (Phi) is 13.8. The summed E-state index contributed by atoms with van der Waals surface area (Å²) >= 11 is 0. The quantitative estimate of drug-likeness (QED) is 0.430. The Labute approximate surface area is 95.4 Å². The first kappa shape index (κ1) is 14.9. The predicted molar refractivity (Wildman–Crippen MR) is 68.4 cm³/mol. The first-order valence-corrected chi connectivity index (χ1v) is 6.54. The standard InChI is InChI=1S/C12H29N3/c1-3-5-8-14-11-12-15-10-6-9-13-7-4-2/h13-15H,3-12H2,1-2H3. The molecule has 0 saturated heterocycles. The highest BCUT2D eigenvalue weighted by Gasteiger charge is 1.89. The molecule has 92 valence electrons. The summed E-state index contributed by atoms with van der Waals surface area (Å²) in [5, 5.41) is 10.3. The normalized spacial score (nSPS) is 10.8. The minimum absolute atomic E-state index is 1.09. The van der Waals surface area contributed by atoms with Crippen molar-refractivity contribution >= 4 is 0 Å². The molecule has 15 heavy (non-hydrogen) atoms. The second-order valence-corrected chi connectivity index (χ2v) is 3.96. The minimum atomic E-state index is 1.09. The minimum Gasteiger partial charge on any atom is -0.317 e. The van der Waals surface area contributed by atoms with Crippen LogP contribution in [0.25, 0.3) is 0 Å². The van der Waals surface area contributed by atoms with Gasteiger partial charge in [0.15, 0.2) is 0 Å². The molecular weight excluding hydrogens is 186 g/mol. The van der Waals surface area contributed by atoms with Gasteiger partial charge in [0.25, 0.3) is 0 Å². The van der Waals surface area contributed by atoms with Gasteiger partial charge in [0, 0.05) is 13.1 Å². The van der Waals surface area contributed by atoms with Gasteiger partial charge < -0.3 is 16.0 Å². The first-order valence-electron chi connectivity index (χ1n) is 6.54. The van der Waals surface area contributed by atoms with Gasteiger partial charge in [0.1, 0.15) is 0 Å². The Hall–Kier alpha value is -0.120. The summed E-state index contributed by atoms with van der Waals surface area (Å²) in [4.78, 5) is 0. The van der Waals surface area contributed by atoms with Crippen molar-refractivity contribution in [1.29, 1.82) is 0 Å². The van der Waals surface area contributed by atoms with Gasteiger partial charge in [0.05, 0.1) is 0 Å². The van der Waals surface area contributed by atoms with E-state index in [4.69, 9.17) is 0 Å². The molecule has 0 aromatic carbocycles. The zero-order valence-electron chi connectivity index (χ0n) is 10.6. The lowest BCUT2D eigenvalue weighted by molar-refractivity contribution is 0.564. The Bertz CT molecular complexity index is 95.0. The zero-order chi connectivity index (χ0) is 11.2. The highest BCUT2D eigenvalue weighted by molar-refractivity contribution is 4.54. The van der Waals surface area contributed by atoms with Crippen molar-refractivity contribution in [3.05, 3.63) is 0 Å². The molecule has 3 heteroatoms. The van der Waals surface area contributed by atoms with Crippen LogP contribution in [0.5, 0.6) is 0 Å². The van der Waals surface area contributed by atoms with E-state index in [0.29, 0.717) is 0 Å². The molecule has 0 aromatic rings. The largest absolute Gasteiger partial charge is 0.317 e. The van der Waals surface area contributed by atoms with Crippen LogP contribution in [0.2, 0.25) is 0 Å². The lowest BCUT2D eigenvalue weighted by atomic mass is 10.3. The average Bonchev–Trinajstić information content (AvgIpc) is 2.26. The van der Waals surface area contributed by atoms with Crippen LogP contribution < -0.4 is 16.0 Å². The highest BCUT2D eigenvalue weighted by atomic mass is 14.9. The predicted octanol–water partition coefficient (Wildman–Crippen LogP) is 1.36. The van der Waals surface area contributed by atoms with Crippen LogP contribution >= 0.6 is 0 Å². The number of rotatable bonds is 12. The lowest BCUT2D eigenvalue weighted by Crippen LogP contribution is -2.29. The molecule has 0 spiro atoms. The van der Waals surface area contributed by atoms with Gasteiger partial charge in [-0.05, 0) is 45.4 Å². The van der Waals surface area contributed by atoms with Crippen LogP contribution in [0.4, 0.5) is 0 Å². The van der Waals surface area contributed by atoms with E-state index in [1.54, 1.807) is 0 Å². The molecule has 0 atom stereocenters. The van der Waals surface area contributed by atoms with Crippen molar-refractivity contribution in [3.63, 3.8) is 0 Å². The van der Waals surface area contributed by atoms with Crippen molar-refractivity contribution in [2.75, 3.05) is 39.3 Å². The fourth-order valence-electron chi connectivity index (χ4n) is 1.37. The van der Waals surface area contributed by atoms with E-state index in [9.17, 15) is 0 Å². The van der Waals surface area contributed by atoms with Gasteiger partial charge in [-0.2, -0.15) is 0 Å². The monoisotopic (exact) mass is 215 g/mol. The SMILES string of the molecule is CCCCNCCNCCCNCCC. The van der Waals surface area contributed by atoms with E-state index < -0.39 is 0 Å². The molecule has 3 N–H and O–H groups in total. The van der Waals surface area contributed by atoms with E-state index in [0.717, 1.165) is 39.3 Å². The molecule has 3 nitrogen and oxygen atoms in total. The Morgan fingerprint density at radius 1 is 0.533 bits per heavy atom. The smallest absolute Gasteiger partial charge is 0.00767 e. The van der Waals surface area contributed by atoms with Crippen molar-refractivity contribution < 1.29 is 0 Å². The topological polar surface area (TPSA) is 36.1 Å². The highest BCUT2D eigenvalue weighted by Crippen LogP contribution is 1.81. The van der Waals surface area contributed by atoms with Crippen molar-refractivity contribution in [1.82, 2.24) is 16.0 Å². The second kappa shape index (κ2) is 13.9. The summed E-state index contributed by atoms with van der Waals surface area (Å²) in [6.07, 6.45) is 5.04. The lowest BCUT2D eigenvalue weighted by Gasteiger charge is -2.06. The number of unbranched alkanes of at least 4 members (excludes halogenated alkanes) is 1. The summed E-state index contributed by atoms with van der Waals surface area (Å²) in [7, 11) is 0. The summed E-state index contributed by atoms with van der Waals surface area (Å²) < 4.78 is 0. The first-order chi connectivity index (χ1) is 7.41. The second-order valence-electron chi connectivity index (χ2n) is 3.96. The van der Waals surface area contributed by atoms with Gasteiger partial charge in [-0.25, -0.2) is 0 Å². The van der Waals surface area contributed by atoms with Gasteiger partial charge >= 0.3 is 0 Å². The molecule has 0 amide bonds. The van der Waals surface area contributed by atoms with E-state index in [2.05, 4.69) is 29.8 Å². The third-order valence-corrected chi connectivity index (χ3v) is 2.32. The average molecular weight is 215 g/mol. The van der Waals surface area contributed by atoms with Crippen LogP contribution in [0.15, 0.2) is 0 Å². The summed E-state index contributed by atoms with van der Waals surface area (Å²) in [6, 6.07) is 0. The fraction of sp³-hybridized carbons (Fsp3) is 1.00. The zero-order valence-corrected chi connectivity index (χ0v) is 10.6. The molecular formula is C12H29N3. The molecule has 0 aliphatic heterocycles. The van der Waals surface area contributed by atoms with Crippen molar-refractivity contribution in [2.24, 2.45) is 0 Å². The van der Waals surface area contributed by atoms with E-state index in [-0.39, 0.29) is 0 Å². The van der Waals surface area contributed by atoms with E-state index in [1.807, 2.05) is 0 Å². The molecule has 0 aliphatic carbocycles. The maximum absolute atomic E-state index is 3.44. The third-order valence-electron chi connectivity index (χ3n) is 2.32. The van der Waals surface area contributed by atoms with Crippen LogP contribution in [0.3, 0.4) is 0 Å². The number of nitrogens with one attached hydrogen (secondary N) is 3. The summed E-state index contributed by atoms with van der Waals surface area (Å²) in [5.41, 5.74) is 0. The molecule has 0 unspecified atom stereocenters. The molecule has 0 radical (unpaired) electrons. The molecule has 0 rings (SSSR count). The molecule has 0 fully saturated rings. The van der Waals surface area contributed by atoms with Gasteiger partial charge in [0.2, 0.25) is 0 Å². The maximum Gasteiger partial charge on any atom is 0.00767 e. The van der Waals surface area contributed by atoms with E-state index in [1.165, 1.54) is 25.7 Å². The Morgan fingerprint density at radius 3 is 1.60 bits per heavy atom. The molecule has 0 saturated carbocycles. The van der Waals surface area contributed by atoms with E-state index >= 15 is 0 Å². The van der Waals surface area contributed by atoms with Gasteiger partial charge in [-0.15, -0.1) is 0 Å². The van der Waals surface area contributed by atoms with Crippen molar-refractivity contribution in [3.8, 4) is 0 Å². The number of hydrogen-bond donors (Lipinski definition) is 3. The van der Waals surface area contributed by atoms with Crippen LogP contribution in [0, 0.1) is 0 Å². The van der Waals surface area contributed by atoms with Crippen molar-refractivity contribution in [2.45, 2.75) is 39.5 Å². The summed E-state index contributed by atoms with van der Waals surface area (Å²) in [6.45, 7) is 11.2.